The average Bonchev–Trinajstić information content (AvgIpc) is 2.76. The summed E-state index contributed by atoms with van der Waals surface area (Å²) in [4.78, 5) is 14.7. The number of carbonyl (C=O) groups is 1. The Morgan fingerprint density at radius 3 is 2.27 bits per heavy atom. The van der Waals surface area contributed by atoms with E-state index in [1.54, 1.807) is 24.3 Å². The van der Waals surface area contributed by atoms with Crippen LogP contribution in [0.15, 0.2) is 72.8 Å². The van der Waals surface area contributed by atoms with Gasteiger partial charge >= 0.3 is 0 Å². The fraction of sp³-hybridized carbons (Fsp3) is 0.208. The third-order valence-corrected chi connectivity index (χ3v) is 5.14. The zero-order valence-electron chi connectivity index (χ0n) is 16.4. The number of para-hydroxylation sites is 2. The van der Waals surface area contributed by atoms with Gasteiger partial charge in [-0.05, 0) is 47.5 Å². The number of ether oxygens (including phenoxy) is 1. The van der Waals surface area contributed by atoms with Crippen LogP contribution in [-0.2, 0) is 17.9 Å². The number of hydrogen-bond donors (Lipinski definition) is 1. The van der Waals surface area contributed by atoms with Crippen LogP contribution in [0.2, 0.25) is 0 Å². The Balaban J connectivity index is 1.46. The predicted molar refractivity (Wildman–Crippen MR) is 111 cm³/mol. The van der Waals surface area contributed by atoms with Crippen LogP contribution in [0.3, 0.4) is 0 Å². The van der Waals surface area contributed by atoms with Crippen molar-refractivity contribution in [2.24, 2.45) is 0 Å². The van der Waals surface area contributed by atoms with Gasteiger partial charge < -0.3 is 15.0 Å². The van der Waals surface area contributed by atoms with Gasteiger partial charge in [0.05, 0.1) is 18.2 Å². The second-order valence-corrected chi connectivity index (χ2v) is 7.29. The zero-order valence-corrected chi connectivity index (χ0v) is 16.4. The van der Waals surface area contributed by atoms with Gasteiger partial charge in [0, 0.05) is 13.1 Å². The molecule has 1 aliphatic rings. The first-order chi connectivity index (χ1) is 14.6. The summed E-state index contributed by atoms with van der Waals surface area (Å²) in [7, 11) is 0. The molecule has 4 rings (SSSR count). The molecule has 30 heavy (non-hydrogen) atoms. The van der Waals surface area contributed by atoms with Crippen molar-refractivity contribution in [2.75, 3.05) is 11.5 Å². The van der Waals surface area contributed by atoms with Crippen molar-refractivity contribution in [2.45, 2.75) is 25.6 Å². The number of nitrogens with one attached hydrogen (secondary N) is 1. The van der Waals surface area contributed by atoms with Crippen LogP contribution in [0.4, 0.5) is 14.5 Å². The van der Waals surface area contributed by atoms with Crippen molar-refractivity contribution >= 4 is 11.6 Å². The summed E-state index contributed by atoms with van der Waals surface area (Å²) in [6, 6.07) is 19.9. The summed E-state index contributed by atoms with van der Waals surface area (Å²) in [5.41, 5.74) is 2.69. The van der Waals surface area contributed by atoms with E-state index in [0.717, 1.165) is 22.6 Å². The second kappa shape index (κ2) is 8.95. The maximum absolute atomic E-state index is 13.3. The second-order valence-electron chi connectivity index (χ2n) is 7.29. The number of hydrogen-bond acceptors (Lipinski definition) is 3. The molecule has 6 heteroatoms. The molecular formula is C24H22F2N2O2. The van der Waals surface area contributed by atoms with E-state index in [0.29, 0.717) is 19.7 Å². The van der Waals surface area contributed by atoms with Crippen molar-refractivity contribution in [3.8, 4) is 5.75 Å². The molecule has 0 radical (unpaired) electrons. The van der Waals surface area contributed by atoms with Gasteiger partial charge in [0.1, 0.15) is 24.0 Å². The SMILES string of the molecule is O=C(C[C@@H]1COc2ccccc2N1Cc1ccc(F)cc1)NCc1ccc(F)cc1. The summed E-state index contributed by atoms with van der Waals surface area (Å²) in [6.07, 6.45) is 0.247. The summed E-state index contributed by atoms with van der Waals surface area (Å²) in [5, 5.41) is 2.89. The summed E-state index contributed by atoms with van der Waals surface area (Å²) >= 11 is 0. The van der Waals surface area contributed by atoms with Gasteiger partial charge in [-0.3, -0.25) is 4.79 Å². The fourth-order valence-corrected chi connectivity index (χ4v) is 3.55. The van der Waals surface area contributed by atoms with Gasteiger partial charge in [0.15, 0.2) is 0 Å². The maximum Gasteiger partial charge on any atom is 0.222 e. The zero-order chi connectivity index (χ0) is 20.9. The molecule has 154 valence electrons. The number of fused-ring (bicyclic) bond motifs is 1. The standard InChI is InChI=1S/C24H22F2N2O2/c25-19-9-5-17(6-10-19)14-27-24(29)13-21-16-30-23-4-2-1-3-22(23)28(21)15-18-7-11-20(26)12-8-18/h1-12,21H,13-16H2,(H,27,29)/t21-/m1/s1. The molecule has 0 unspecified atom stereocenters. The van der Waals surface area contributed by atoms with Crippen LogP contribution < -0.4 is 15.0 Å². The molecule has 1 heterocycles. The van der Waals surface area contributed by atoms with Crippen LogP contribution in [0, 0.1) is 11.6 Å². The normalized spacial score (nSPS) is 15.3. The van der Waals surface area contributed by atoms with E-state index in [-0.39, 0.29) is 30.0 Å². The van der Waals surface area contributed by atoms with Gasteiger partial charge in [0.2, 0.25) is 5.91 Å². The van der Waals surface area contributed by atoms with Crippen molar-refractivity contribution in [1.29, 1.82) is 0 Å². The molecule has 0 saturated carbocycles. The third-order valence-electron chi connectivity index (χ3n) is 5.14. The van der Waals surface area contributed by atoms with Crippen LogP contribution >= 0.6 is 0 Å². The smallest absolute Gasteiger partial charge is 0.222 e. The van der Waals surface area contributed by atoms with Gasteiger partial charge in [-0.25, -0.2) is 8.78 Å². The predicted octanol–water partition coefficient (Wildman–Crippen LogP) is 4.44. The van der Waals surface area contributed by atoms with Crippen LogP contribution in [0.5, 0.6) is 5.75 Å². The van der Waals surface area contributed by atoms with Crippen molar-refractivity contribution < 1.29 is 18.3 Å². The van der Waals surface area contributed by atoms with Gasteiger partial charge in [-0.1, -0.05) is 36.4 Å². The third kappa shape index (κ3) is 4.76. The molecule has 1 aliphatic heterocycles. The molecule has 0 saturated heterocycles. The van der Waals surface area contributed by atoms with Gasteiger partial charge in [-0.15, -0.1) is 0 Å². The Labute approximate surface area is 174 Å². The summed E-state index contributed by atoms with van der Waals surface area (Å²) in [5.74, 6) is 0.0661. The molecule has 4 nitrogen and oxygen atoms in total. The van der Waals surface area contributed by atoms with Crippen molar-refractivity contribution in [3.05, 3.63) is 95.6 Å². The van der Waals surface area contributed by atoms with E-state index in [1.807, 2.05) is 24.3 Å². The highest BCUT2D eigenvalue weighted by Crippen LogP contribution is 2.35. The lowest BCUT2D eigenvalue weighted by Gasteiger charge is -2.38. The number of nitrogens with zero attached hydrogens (tertiary/aromatic N) is 1. The Morgan fingerprint density at radius 2 is 1.57 bits per heavy atom. The number of halogens is 2. The van der Waals surface area contributed by atoms with E-state index in [1.165, 1.54) is 24.3 Å². The van der Waals surface area contributed by atoms with Crippen LogP contribution in [0.1, 0.15) is 17.5 Å². The minimum Gasteiger partial charge on any atom is -0.489 e. The van der Waals surface area contributed by atoms with Gasteiger partial charge in [0.25, 0.3) is 0 Å². The average molecular weight is 408 g/mol. The lowest BCUT2D eigenvalue weighted by atomic mass is 10.1. The van der Waals surface area contributed by atoms with Crippen LogP contribution in [-0.4, -0.2) is 18.6 Å². The molecule has 3 aromatic carbocycles. The minimum absolute atomic E-state index is 0.114. The van der Waals surface area contributed by atoms with Crippen molar-refractivity contribution in [3.63, 3.8) is 0 Å². The Morgan fingerprint density at radius 1 is 0.933 bits per heavy atom. The first kappa shape index (κ1) is 19.9. The van der Waals surface area contributed by atoms with E-state index in [9.17, 15) is 13.6 Å². The van der Waals surface area contributed by atoms with E-state index in [4.69, 9.17) is 4.74 Å². The number of benzene rings is 3. The summed E-state index contributed by atoms with van der Waals surface area (Å²) < 4.78 is 32.2. The molecule has 1 N–H and O–H groups in total. The highest BCUT2D eigenvalue weighted by Gasteiger charge is 2.29. The molecule has 0 fully saturated rings. The number of carbonyl (C=O) groups excluding carboxylic acids is 1. The number of anilines is 1. The molecule has 3 aromatic rings. The Kier molecular flexibility index (Phi) is 5.93. The molecule has 0 aliphatic carbocycles. The Bertz CT molecular complexity index is 1010. The highest BCUT2D eigenvalue weighted by atomic mass is 19.1. The van der Waals surface area contributed by atoms with E-state index in [2.05, 4.69) is 10.2 Å². The fourth-order valence-electron chi connectivity index (χ4n) is 3.55. The van der Waals surface area contributed by atoms with Crippen molar-refractivity contribution in [1.82, 2.24) is 5.32 Å². The number of rotatable bonds is 6. The molecule has 1 atom stereocenters. The molecule has 1 amide bonds. The number of amides is 1. The minimum atomic E-state index is -0.306. The first-order valence-corrected chi connectivity index (χ1v) is 9.82. The topological polar surface area (TPSA) is 41.6 Å². The first-order valence-electron chi connectivity index (χ1n) is 9.82. The largest absolute Gasteiger partial charge is 0.489 e. The van der Waals surface area contributed by atoms with Gasteiger partial charge in [-0.2, -0.15) is 0 Å². The Hall–Kier alpha value is -3.41. The summed E-state index contributed by atoms with van der Waals surface area (Å²) in [6.45, 7) is 1.25. The van der Waals surface area contributed by atoms with Crippen LogP contribution in [0.25, 0.3) is 0 Å². The maximum atomic E-state index is 13.3. The molecule has 0 bridgehead atoms. The molecule has 0 aromatic heterocycles. The lowest BCUT2D eigenvalue weighted by Crippen LogP contribution is -2.45. The highest BCUT2D eigenvalue weighted by molar-refractivity contribution is 5.77. The molecule has 0 spiro atoms. The quantitative estimate of drug-likeness (QED) is 0.656. The van der Waals surface area contributed by atoms with E-state index >= 15 is 0 Å². The van der Waals surface area contributed by atoms with E-state index < -0.39 is 0 Å². The lowest BCUT2D eigenvalue weighted by molar-refractivity contribution is -0.121. The molecular weight excluding hydrogens is 386 g/mol. The monoisotopic (exact) mass is 408 g/mol.